The quantitative estimate of drug-likeness (QED) is 0.885. The molecule has 1 aliphatic rings. The van der Waals surface area contributed by atoms with Crippen LogP contribution in [0.4, 0.5) is 5.69 Å². The lowest BCUT2D eigenvalue weighted by Crippen LogP contribution is -2.21. The molecule has 8 heteroatoms. The van der Waals surface area contributed by atoms with Crippen LogP contribution in [0.5, 0.6) is 0 Å². The average Bonchev–Trinajstić information content (AvgIpc) is 3.23. The summed E-state index contributed by atoms with van der Waals surface area (Å²) in [5.41, 5.74) is 6.86. The van der Waals surface area contributed by atoms with Gasteiger partial charge in [0, 0.05) is 11.1 Å². The van der Waals surface area contributed by atoms with Crippen molar-refractivity contribution in [3.63, 3.8) is 0 Å². The Morgan fingerprint density at radius 2 is 2.00 bits per heavy atom. The second-order valence-electron chi connectivity index (χ2n) is 5.49. The summed E-state index contributed by atoms with van der Waals surface area (Å²) in [6.45, 7) is 1.74. The molecule has 0 aliphatic heterocycles. The van der Waals surface area contributed by atoms with E-state index in [2.05, 4.69) is 10.4 Å². The number of carbonyl (C=O) groups is 2. The molecule has 0 saturated heterocycles. The van der Waals surface area contributed by atoms with Gasteiger partial charge in [0.1, 0.15) is 5.69 Å². The Morgan fingerprint density at radius 3 is 2.61 bits per heavy atom. The first-order valence-electron chi connectivity index (χ1n) is 7.03. The molecule has 1 aromatic carbocycles. The van der Waals surface area contributed by atoms with E-state index in [1.165, 1.54) is 12.1 Å². The molecule has 1 fully saturated rings. The minimum absolute atomic E-state index is 0.159. The van der Waals surface area contributed by atoms with E-state index in [-0.39, 0.29) is 16.8 Å². The number of amides is 2. The molecule has 0 unspecified atom stereocenters. The van der Waals surface area contributed by atoms with Crippen LogP contribution in [0.2, 0.25) is 10.2 Å². The van der Waals surface area contributed by atoms with Gasteiger partial charge in [-0.3, -0.25) is 14.3 Å². The fraction of sp³-hybridized carbons (Fsp3) is 0.267. The highest BCUT2D eigenvalue weighted by atomic mass is 35.5. The van der Waals surface area contributed by atoms with E-state index in [1.54, 1.807) is 17.7 Å². The highest BCUT2D eigenvalue weighted by Crippen LogP contribution is 2.36. The first-order valence-corrected chi connectivity index (χ1v) is 7.78. The zero-order chi connectivity index (χ0) is 16.7. The number of halogens is 2. The lowest BCUT2D eigenvalue weighted by atomic mass is 10.1. The molecule has 0 bridgehead atoms. The van der Waals surface area contributed by atoms with Gasteiger partial charge in [0.2, 0.25) is 0 Å². The first kappa shape index (κ1) is 15.8. The number of hydrogen-bond acceptors (Lipinski definition) is 3. The average molecular weight is 353 g/mol. The van der Waals surface area contributed by atoms with Crippen LogP contribution >= 0.6 is 23.2 Å². The molecule has 0 spiro atoms. The van der Waals surface area contributed by atoms with Crippen LogP contribution in [-0.2, 0) is 0 Å². The van der Waals surface area contributed by atoms with Gasteiger partial charge in [0.25, 0.3) is 11.8 Å². The van der Waals surface area contributed by atoms with Crippen molar-refractivity contribution in [1.29, 1.82) is 0 Å². The molecule has 2 aromatic rings. The SMILES string of the molecule is Cc1cc(Cl)cc(C(N)=O)c1NC(=O)c1cc(Cl)nn1C1CC1. The summed E-state index contributed by atoms with van der Waals surface area (Å²) < 4.78 is 1.62. The zero-order valence-electron chi connectivity index (χ0n) is 12.3. The van der Waals surface area contributed by atoms with E-state index in [0.29, 0.717) is 22.0 Å². The largest absolute Gasteiger partial charge is 0.366 e. The molecule has 2 amide bonds. The van der Waals surface area contributed by atoms with Gasteiger partial charge in [0.15, 0.2) is 5.15 Å². The maximum absolute atomic E-state index is 12.6. The van der Waals surface area contributed by atoms with Gasteiger partial charge in [-0.05, 0) is 37.5 Å². The molecule has 0 atom stereocenters. The predicted octanol–water partition coefficient (Wildman–Crippen LogP) is 3.18. The van der Waals surface area contributed by atoms with Gasteiger partial charge in [-0.25, -0.2) is 0 Å². The minimum atomic E-state index is -0.667. The number of carbonyl (C=O) groups excluding carboxylic acids is 2. The zero-order valence-corrected chi connectivity index (χ0v) is 13.8. The van der Waals surface area contributed by atoms with Crippen LogP contribution in [-0.4, -0.2) is 21.6 Å². The van der Waals surface area contributed by atoms with E-state index in [9.17, 15) is 9.59 Å². The van der Waals surface area contributed by atoms with Gasteiger partial charge >= 0.3 is 0 Å². The van der Waals surface area contributed by atoms with Crippen molar-refractivity contribution in [2.75, 3.05) is 5.32 Å². The van der Waals surface area contributed by atoms with Crippen LogP contribution in [0, 0.1) is 6.92 Å². The number of nitrogens with zero attached hydrogens (tertiary/aromatic N) is 2. The second-order valence-corrected chi connectivity index (χ2v) is 6.32. The van der Waals surface area contributed by atoms with Crippen molar-refractivity contribution in [2.45, 2.75) is 25.8 Å². The van der Waals surface area contributed by atoms with Gasteiger partial charge in [-0.15, -0.1) is 0 Å². The molecule has 3 rings (SSSR count). The summed E-state index contributed by atoms with van der Waals surface area (Å²) in [5, 5.41) is 7.49. The Hall–Kier alpha value is -2.05. The van der Waals surface area contributed by atoms with Crippen LogP contribution in [0.1, 0.15) is 45.3 Å². The van der Waals surface area contributed by atoms with E-state index in [4.69, 9.17) is 28.9 Å². The maximum atomic E-state index is 12.6. The van der Waals surface area contributed by atoms with Crippen LogP contribution in [0.25, 0.3) is 0 Å². The van der Waals surface area contributed by atoms with Crippen LogP contribution in [0.3, 0.4) is 0 Å². The molecule has 6 nitrogen and oxygen atoms in total. The molecular weight excluding hydrogens is 339 g/mol. The second kappa shape index (κ2) is 5.86. The van der Waals surface area contributed by atoms with Gasteiger partial charge in [0.05, 0.1) is 17.3 Å². The number of aromatic nitrogens is 2. The fourth-order valence-corrected chi connectivity index (χ4v) is 2.87. The molecule has 3 N–H and O–H groups in total. The summed E-state index contributed by atoms with van der Waals surface area (Å²) >= 11 is 11.9. The van der Waals surface area contributed by atoms with Crippen LogP contribution in [0.15, 0.2) is 18.2 Å². The summed E-state index contributed by atoms with van der Waals surface area (Å²) in [4.78, 5) is 24.2. The van der Waals surface area contributed by atoms with E-state index < -0.39 is 11.8 Å². The number of aryl methyl sites for hydroxylation is 1. The number of primary amides is 1. The summed E-state index contributed by atoms with van der Waals surface area (Å²) in [7, 11) is 0. The van der Waals surface area contributed by atoms with Crippen molar-refractivity contribution in [2.24, 2.45) is 5.73 Å². The monoisotopic (exact) mass is 352 g/mol. The Balaban J connectivity index is 1.96. The van der Waals surface area contributed by atoms with Crippen molar-refractivity contribution < 1.29 is 9.59 Å². The summed E-state index contributed by atoms with van der Waals surface area (Å²) in [5.74, 6) is -1.07. The lowest BCUT2D eigenvalue weighted by molar-refractivity contribution is 0.100. The number of benzene rings is 1. The number of anilines is 1. The Morgan fingerprint density at radius 1 is 1.30 bits per heavy atom. The fourth-order valence-electron chi connectivity index (χ4n) is 2.41. The molecule has 120 valence electrons. The Kier molecular flexibility index (Phi) is 4.04. The third-order valence-corrected chi connectivity index (χ3v) is 4.04. The predicted molar refractivity (Wildman–Crippen MR) is 88.2 cm³/mol. The van der Waals surface area contributed by atoms with E-state index >= 15 is 0 Å². The minimum Gasteiger partial charge on any atom is -0.366 e. The normalized spacial score (nSPS) is 13.9. The maximum Gasteiger partial charge on any atom is 0.274 e. The molecule has 1 heterocycles. The number of nitrogens with two attached hydrogens (primary N) is 1. The van der Waals surface area contributed by atoms with Gasteiger partial charge < -0.3 is 11.1 Å². The molecule has 1 aromatic heterocycles. The standard InChI is InChI=1S/C15H14Cl2N4O2/c1-7-4-8(16)5-10(14(18)22)13(7)19-15(23)11-6-12(17)20-21(11)9-2-3-9/h4-6,9H,2-3H2,1H3,(H2,18,22)(H,19,23). The third-order valence-electron chi connectivity index (χ3n) is 3.64. The summed E-state index contributed by atoms with van der Waals surface area (Å²) in [6, 6.07) is 4.78. The first-order chi connectivity index (χ1) is 10.9. The Labute approximate surface area is 142 Å². The topological polar surface area (TPSA) is 90.0 Å². The number of hydrogen-bond donors (Lipinski definition) is 2. The summed E-state index contributed by atoms with van der Waals surface area (Å²) in [6.07, 6.45) is 1.93. The van der Waals surface area contributed by atoms with Crippen molar-refractivity contribution in [1.82, 2.24) is 9.78 Å². The van der Waals surface area contributed by atoms with Crippen molar-refractivity contribution in [3.05, 3.63) is 45.2 Å². The lowest BCUT2D eigenvalue weighted by Gasteiger charge is -2.13. The number of nitrogens with one attached hydrogen (secondary N) is 1. The highest BCUT2D eigenvalue weighted by Gasteiger charge is 2.30. The smallest absolute Gasteiger partial charge is 0.274 e. The number of rotatable bonds is 4. The molecule has 1 aliphatic carbocycles. The highest BCUT2D eigenvalue weighted by molar-refractivity contribution is 6.31. The molecular formula is C15H14Cl2N4O2. The molecule has 23 heavy (non-hydrogen) atoms. The van der Waals surface area contributed by atoms with Gasteiger partial charge in [-0.1, -0.05) is 23.2 Å². The van der Waals surface area contributed by atoms with E-state index in [1.807, 2.05) is 0 Å². The third kappa shape index (κ3) is 3.18. The van der Waals surface area contributed by atoms with Gasteiger partial charge in [-0.2, -0.15) is 5.10 Å². The van der Waals surface area contributed by atoms with Crippen LogP contribution < -0.4 is 11.1 Å². The van der Waals surface area contributed by atoms with Crippen molar-refractivity contribution >= 4 is 40.7 Å². The molecule has 0 radical (unpaired) electrons. The Bertz CT molecular complexity index is 812. The van der Waals surface area contributed by atoms with Crippen molar-refractivity contribution in [3.8, 4) is 0 Å². The van der Waals surface area contributed by atoms with E-state index in [0.717, 1.165) is 12.8 Å². The molecule has 1 saturated carbocycles.